The summed E-state index contributed by atoms with van der Waals surface area (Å²) in [6.45, 7) is 0. The van der Waals surface area contributed by atoms with Crippen LogP contribution in [0.1, 0.15) is 36.0 Å². The van der Waals surface area contributed by atoms with Gasteiger partial charge in [-0.05, 0) is 66.1 Å². The first kappa shape index (κ1) is 15.3. The van der Waals surface area contributed by atoms with Crippen LogP contribution in [-0.4, -0.2) is 23.5 Å². The van der Waals surface area contributed by atoms with Crippen LogP contribution in [0.5, 0.6) is 0 Å². The molecule has 2 nitrogen and oxygen atoms in total. The molecule has 0 saturated heterocycles. The zero-order valence-electron chi connectivity index (χ0n) is 10.9. The molecule has 1 amide bonds. The Hall–Kier alpha value is -0.130. The van der Waals surface area contributed by atoms with Gasteiger partial charge in [-0.25, -0.2) is 0 Å². The minimum absolute atomic E-state index is 0.00428. The third kappa shape index (κ3) is 4.17. The third-order valence-electron chi connectivity index (χ3n) is 3.54. The maximum Gasteiger partial charge on any atom is 0.252 e. The number of amides is 1. The van der Waals surface area contributed by atoms with Crippen LogP contribution in [0.15, 0.2) is 27.6 Å². The highest BCUT2D eigenvalue weighted by atomic mass is 79.9. The normalized spacial score (nSPS) is 23.1. The number of rotatable bonds is 3. The Morgan fingerprint density at radius 3 is 2.68 bits per heavy atom. The average molecular weight is 360 g/mol. The number of thiol groups is 1. The lowest BCUT2D eigenvalue weighted by atomic mass is 9.94. The van der Waals surface area contributed by atoms with Crippen LogP contribution < -0.4 is 5.32 Å². The third-order valence-corrected chi connectivity index (χ3v) is 5.65. The largest absolute Gasteiger partial charge is 0.349 e. The van der Waals surface area contributed by atoms with Gasteiger partial charge < -0.3 is 5.32 Å². The molecule has 0 aliphatic heterocycles. The Morgan fingerprint density at radius 2 is 2.05 bits per heavy atom. The van der Waals surface area contributed by atoms with Crippen LogP contribution >= 0.6 is 40.3 Å². The molecule has 0 radical (unpaired) electrons. The Morgan fingerprint density at radius 1 is 1.37 bits per heavy atom. The highest BCUT2D eigenvalue weighted by Crippen LogP contribution is 2.27. The van der Waals surface area contributed by atoms with Crippen molar-refractivity contribution in [3.8, 4) is 0 Å². The van der Waals surface area contributed by atoms with Gasteiger partial charge in [-0.2, -0.15) is 11.8 Å². The maximum absolute atomic E-state index is 12.3. The fourth-order valence-electron chi connectivity index (χ4n) is 2.39. The summed E-state index contributed by atoms with van der Waals surface area (Å²) < 4.78 is 0.820. The summed E-state index contributed by atoms with van der Waals surface area (Å²) >= 11 is 9.64. The number of halogens is 1. The number of thioether (sulfide) groups is 1. The van der Waals surface area contributed by atoms with Gasteiger partial charge >= 0.3 is 0 Å². The molecule has 1 aromatic carbocycles. The van der Waals surface area contributed by atoms with Crippen LogP contribution in [0, 0.1) is 0 Å². The molecule has 1 saturated carbocycles. The average Bonchev–Trinajstić information content (AvgIpc) is 2.42. The highest BCUT2D eigenvalue weighted by molar-refractivity contribution is 9.10. The molecule has 1 aromatic rings. The van der Waals surface area contributed by atoms with Gasteiger partial charge in [0.25, 0.3) is 5.91 Å². The van der Waals surface area contributed by atoms with Crippen molar-refractivity contribution in [3.05, 3.63) is 28.2 Å². The van der Waals surface area contributed by atoms with Gasteiger partial charge in [-0.15, -0.1) is 12.6 Å². The second-order valence-electron chi connectivity index (χ2n) is 4.85. The van der Waals surface area contributed by atoms with Gasteiger partial charge in [0.05, 0.1) is 5.56 Å². The number of hydrogen-bond acceptors (Lipinski definition) is 3. The summed E-state index contributed by atoms with van der Waals surface area (Å²) in [5.41, 5.74) is 0.666. The molecule has 0 aromatic heterocycles. The van der Waals surface area contributed by atoms with E-state index in [-0.39, 0.29) is 5.91 Å². The zero-order valence-corrected chi connectivity index (χ0v) is 14.2. The minimum Gasteiger partial charge on any atom is -0.349 e. The van der Waals surface area contributed by atoms with Crippen LogP contribution in [-0.2, 0) is 0 Å². The SMILES string of the molecule is CSC1CCC(NC(=O)c2cc(S)ccc2Br)CC1. The summed E-state index contributed by atoms with van der Waals surface area (Å²) in [4.78, 5) is 13.1. The van der Waals surface area contributed by atoms with Gasteiger partial charge in [0.1, 0.15) is 0 Å². The van der Waals surface area contributed by atoms with E-state index in [1.165, 1.54) is 12.8 Å². The van der Waals surface area contributed by atoms with Gasteiger partial charge in [-0.3, -0.25) is 4.79 Å². The topological polar surface area (TPSA) is 29.1 Å². The standard InChI is InChI=1S/C14H18BrNOS2/c1-19-11-5-2-9(3-6-11)16-14(17)12-8-10(18)4-7-13(12)15/h4,7-9,11,18H,2-3,5-6H2,1H3,(H,16,17). The molecule has 2 rings (SSSR count). The van der Waals surface area contributed by atoms with Crippen LogP contribution in [0.4, 0.5) is 0 Å². The number of carbonyl (C=O) groups excluding carboxylic acids is 1. The fraction of sp³-hybridized carbons (Fsp3) is 0.500. The molecule has 19 heavy (non-hydrogen) atoms. The molecule has 1 aliphatic rings. The summed E-state index contributed by atoms with van der Waals surface area (Å²) in [7, 11) is 0. The number of benzene rings is 1. The molecule has 1 fully saturated rings. The first-order chi connectivity index (χ1) is 9.10. The van der Waals surface area contributed by atoms with E-state index >= 15 is 0 Å². The van der Waals surface area contributed by atoms with Crippen molar-refractivity contribution in [1.29, 1.82) is 0 Å². The predicted octanol–water partition coefficient (Wildman–Crippen LogP) is 4.14. The van der Waals surface area contributed by atoms with E-state index in [1.54, 1.807) is 6.07 Å². The monoisotopic (exact) mass is 359 g/mol. The van der Waals surface area contributed by atoms with E-state index in [0.29, 0.717) is 11.6 Å². The first-order valence-corrected chi connectivity index (χ1v) is 8.95. The lowest BCUT2D eigenvalue weighted by Crippen LogP contribution is -2.38. The molecule has 0 bridgehead atoms. The number of nitrogens with one attached hydrogen (secondary N) is 1. The van der Waals surface area contributed by atoms with Crippen molar-refractivity contribution in [3.63, 3.8) is 0 Å². The molecule has 0 unspecified atom stereocenters. The lowest BCUT2D eigenvalue weighted by Gasteiger charge is -2.28. The van der Waals surface area contributed by atoms with Gasteiger partial charge in [0.2, 0.25) is 0 Å². The number of carbonyl (C=O) groups is 1. The zero-order chi connectivity index (χ0) is 13.8. The van der Waals surface area contributed by atoms with Crippen molar-refractivity contribution in [1.82, 2.24) is 5.32 Å². The molecule has 0 heterocycles. The van der Waals surface area contributed by atoms with E-state index in [2.05, 4.69) is 40.1 Å². The molecule has 1 aliphatic carbocycles. The van der Waals surface area contributed by atoms with Gasteiger partial charge in [-0.1, -0.05) is 0 Å². The number of hydrogen-bond donors (Lipinski definition) is 2. The van der Waals surface area contributed by atoms with E-state index in [4.69, 9.17) is 0 Å². The second-order valence-corrected chi connectivity index (χ2v) is 7.36. The van der Waals surface area contributed by atoms with Crippen molar-refractivity contribution < 1.29 is 4.79 Å². The van der Waals surface area contributed by atoms with Crippen LogP contribution in [0.2, 0.25) is 0 Å². The fourth-order valence-corrected chi connectivity index (χ4v) is 3.77. The maximum atomic E-state index is 12.3. The summed E-state index contributed by atoms with van der Waals surface area (Å²) in [6.07, 6.45) is 6.71. The first-order valence-electron chi connectivity index (χ1n) is 6.42. The Balaban J connectivity index is 1.96. The van der Waals surface area contributed by atoms with Crippen molar-refractivity contribution in [2.45, 2.75) is 41.9 Å². The van der Waals surface area contributed by atoms with Crippen molar-refractivity contribution in [2.24, 2.45) is 0 Å². The van der Waals surface area contributed by atoms with E-state index < -0.39 is 0 Å². The Labute approximate surface area is 132 Å². The summed E-state index contributed by atoms with van der Waals surface area (Å²) in [6, 6.07) is 5.84. The van der Waals surface area contributed by atoms with Crippen LogP contribution in [0.3, 0.4) is 0 Å². The second kappa shape index (κ2) is 7.04. The predicted molar refractivity (Wildman–Crippen MR) is 88.4 cm³/mol. The minimum atomic E-state index is -0.00428. The highest BCUT2D eigenvalue weighted by Gasteiger charge is 2.22. The molecule has 5 heteroatoms. The van der Waals surface area contributed by atoms with Crippen molar-refractivity contribution in [2.75, 3.05) is 6.26 Å². The molecule has 0 spiro atoms. The smallest absolute Gasteiger partial charge is 0.252 e. The summed E-state index contributed by atoms with van der Waals surface area (Å²) in [5.74, 6) is -0.00428. The quantitative estimate of drug-likeness (QED) is 0.794. The van der Waals surface area contributed by atoms with Crippen LogP contribution in [0.25, 0.3) is 0 Å². The Kier molecular flexibility index (Phi) is 5.66. The molecule has 0 atom stereocenters. The molecule has 1 N–H and O–H groups in total. The van der Waals surface area contributed by atoms with Crippen molar-refractivity contribution >= 4 is 46.2 Å². The molecular weight excluding hydrogens is 342 g/mol. The molecule has 104 valence electrons. The van der Waals surface area contributed by atoms with E-state index in [0.717, 1.165) is 27.5 Å². The molecular formula is C14H18BrNOS2. The van der Waals surface area contributed by atoms with E-state index in [9.17, 15) is 4.79 Å². The lowest BCUT2D eigenvalue weighted by molar-refractivity contribution is 0.0927. The summed E-state index contributed by atoms with van der Waals surface area (Å²) in [5, 5.41) is 3.90. The Bertz CT molecular complexity index is 459. The van der Waals surface area contributed by atoms with E-state index in [1.807, 2.05) is 23.9 Å². The van der Waals surface area contributed by atoms with Gasteiger partial charge in [0, 0.05) is 20.7 Å². The van der Waals surface area contributed by atoms with Gasteiger partial charge in [0.15, 0.2) is 0 Å².